The zero-order valence-corrected chi connectivity index (χ0v) is 17.2. The van der Waals surface area contributed by atoms with E-state index in [2.05, 4.69) is 40.3 Å². The average Bonchev–Trinajstić information content (AvgIpc) is 3.07. The van der Waals surface area contributed by atoms with E-state index in [9.17, 15) is 9.59 Å². The molecule has 0 atom stereocenters. The van der Waals surface area contributed by atoms with Crippen molar-refractivity contribution < 1.29 is 9.59 Å². The smallest absolute Gasteiger partial charge is 0.251 e. The number of para-hydroxylation sites is 1. The van der Waals surface area contributed by atoms with Crippen LogP contribution in [0.3, 0.4) is 0 Å². The van der Waals surface area contributed by atoms with E-state index < -0.39 is 0 Å². The van der Waals surface area contributed by atoms with Gasteiger partial charge in [-0.1, -0.05) is 36.4 Å². The molecule has 5 nitrogen and oxygen atoms in total. The number of hydrogen-bond donors (Lipinski definition) is 2. The van der Waals surface area contributed by atoms with Gasteiger partial charge in [-0.15, -0.1) is 0 Å². The van der Waals surface area contributed by atoms with Gasteiger partial charge in [0, 0.05) is 52.6 Å². The fraction of sp³-hybridized carbons (Fsp3) is 0.200. The van der Waals surface area contributed by atoms with Gasteiger partial charge in [0.2, 0.25) is 5.91 Å². The summed E-state index contributed by atoms with van der Waals surface area (Å²) in [6.45, 7) is 5.20. The second kappa shape index (κ2) is 8.41. The normalized spacial score (nSPS) is 11.0. The molecule has 5 heteroatoms. The van der Waals surface area contributed by atoms with Crippen LogP contribution in [0.5, 0.6) is 0 Å². The first kappa shape index (κ1) is 19.7. The van der Waals surface area contributed by atoms with E-state index in [1.807, 2.05) is 49.4 Å². The third-order valence-corrected chi connectivity index (χ3v) is 5.40. The monoisotopic (exact) mass is 399 g/mol. The van der Waals surface area contributed by atoms with Gasteiger partial charge in [-0.25, -0.2) is 0 Å². The molecule has 1 aromatic heterocycles. The molecule has 0 fully saturated rings. The Bertz CT molecular complexity index is 1240. The molecule has 0 bridgehead atoms. The lowest BCUT2D eigenvalue weighted by molar-refractivity contribution is -0.116. The second-order valence-corrected chi connectivity index (χ2v) is 7.36. The number of nitrogens with one attached hydrogen (secondary N) is 2. The van der Waals surface area contributed by atoms with Crippen LogP contribution >= 0.6 is 0 Å². The number of benzene rings is 3. The maximum atomic E-state index is 12.4. The van der Waals surface area contributed by atoms with Gasteiger partial charge in [-0.3, -0.25) is 9.59 Å². The topological polar surface area (TPSA) is 63.1 Å². The Morgan fingerprint density at radius 1 is 0.900 bits per heavy atom. The standard InChI is InChI=1S/C25H25N3O2/c1-3-28-22-11-7-6-10-20(22)21-16-18(12-13-23(21)28)27-24(29)14-15-26-25(30)19-9-5-4-8-17(19)2/h4-13,16H,3,14-15H2,1-2H3,(H,26,30)(H,27,29). The van der Waals surface area contributed by atoms with Gasteiger partial charge >= 0.3 is 0 Å². The van der Waals surface area contributed by atoms with E-state index in [1.165, 1.54) is 10.9 Å². The highest BCUT2D eigenvalue weighted by Crippen LogP contribution is 2.30. The van der Waals surface area contributed by atoms with E-state index in [4.69, 9.17) is 0 Å². The van der Waals surface area contributed by atoms with Crippen molar-refractivity contribution in [2.45, 2.75) is 26.8 Å². The zero-order valence-electron chi connectivity index (χ0n) is 17.2. The first-order valence-electron chi connectivity index (χ1n) is 10.2. The summed E-state index contributed by atoms with van der Waals surface area (Å²) in [7, 11) is 0. The van der Waals surface area contributed by atoms with Crippen LogP contribution in [0, 0.1) is 6.92 Å². The van der Waals surface area contributed by atoms with Crippen LogP contribution < -0.4 is 10.6 Å². The predicted octanol–water partition coefficient (Wildman–Crippen LogP) is 4.88. The zero-order chi connectivity index (χ0) is 21.1. The molecule has 2 amide bonds. The number of aromatic nitrogens is 1. The van der Waals surface area contributed by atoms with Crippen molar-refractivity contribution >= 4 is 39.3 Å². The molecule has 0 aliphatic carbocycles. The minimum absolute atomic E-state index is 0.126. The van der Waals surface area contributed by atoms with Crippen molar-refractivity contribution in [3.8, 4) is 0 Å². The summed E-state index contributed by atoms with van der Waals surface area (Å²) in [5, 5.41) is 8.07. The van der Waals surface area contributed by atoms with Crippen LogP contribution in [-0.4, -0.2) is 22.9 Å². The third-order valence-electron chi connectivity index (χ3n) is 5.40. The lowest BCUT2D eigenvalue weighted by Gasteiger charge is -2.09. The number of nitrogens with zero attached hydrogens (tertiary/aromatic N) is 1. The van der Waals surface area contributed by atoms with E-state index in [0.29, 0.717) is 5.56 Å². The SMILES string of the molecule is CCn1c2ccccc2c2cc(NC(=O)CCNC(=O)c3ccccc3C)ccc21. The number of hydrogen-bond acceptors (Lipinski definition) is 2. The molecule has 1 heterocycles. The molecule has 0 saturated heterocycles. The fourth-order valence-electron chi connectivity index (χ4n) is 3.91. The summed E-state index contributed by atoms with van der Waals surface area (Å²) in [6, 6.07) is 21.7. The number of amides is 2. The van der Waals surface area contributed by atoms with Crippen LogP contribution in [0.2, 0.25) is 0 Å². The van der Waals surface area contributed by atoms with Gasteiger partial charge in [-0.2, -0.15) is 0 Å². The lowest BCUT2D eigenvalue weighted by Crippen LogP contribution is -2.28. The molecule has 4 aromatic rings. The Morgan fingerprint density at radius 2 is 1.63 bits per heavy atom. The summed E-state index contributed by atoms with van der Waals surface area (Å²) in [6.07, 6.45) is 0.215. The van der Waals surface area contributed by atoms with E-state index in [0.717, 1.165) is 28.7 Å². The number of aryl methyl sites for hydroxylation is 2. The molecule has 0 unspecified atom stereocenters. The van der Waals surface area contributed by atoms with Gasteiger partial charge in [0.05, 0.1) is 0 Å². The maximum Gasteiger partial charge on any atom is 0.251 e. The Balaban J connectivity index is 1.43. The number of rotatable bonds is 6. The van der Waals surface area contributed by atoms with Gasteiger partial charge < -0.3 is 15.2 Å². The summed E-state index contributed by atoms with van der Waals surface area (Å²) in [5.41, 5.74) is 4.66. The fourth-order valence-corrected chi connectivity index (χ4v) is 3.91. The molecule has 30 heavy (non-hydrogen) atoms. The first-order chi connectivity index (χ1) is 14.6. The van der Waals surface area contributed by atoms with Gasteiger partial charge in [-0.05, 0) is 49.7 Å². The summed E-state index contributed by atoms with van der Waals surface area (Å²) in [5.74, 6) is -0.284. The maximum absolute atomic E-state index is 12.4. The van der Waals surface area contributed by atoms with E-state index in [-0.39, 0.29) is 24.8 Å². The largest absolute Gasteiger partial charge is 0.352 e. The van der Waals surface area contributed by atoms with Crippen LogP contribution in [-0.2, 0) is 11.3 Å². The molecule has 0 saturated carbocycles. The summed E-state index contributed by atoms with van der Waals surface area (Å²) < 4.78 is 2.28. The molecular weight excluding hydrogens is 374 g/mol. The quantitative estimate of drug-likeness (QED) is 0.485. The molecule has 4 rings (SSSR count). The molecule has 0 spiro atoms. The van der Waals surface area contributed by atoms with Crippen molar-refractivity contribution in [2.24, 2.45) is 0 Å². The van der Waals surface area contributed by atoms with Crippen LogP contribution in [0.4, 0.5) is 5.69 Å². The van der Waals surface area contributed by atoms with Crippen molar-refractivity contribution in [3.63, 3.8) is 0 Å². The van der Waals surface area contributed by atoms with Crippen molar-refractivity contribution in [3.05, 3.63) is 77.9 Å². The Morgan fingerprint density at radius 3 is 2.43 bits per heavy atom. The van der Waals surface area contributed by atoms with Crippen molar-refractivity contribution in [2.75, 3.05) is 11.9 Å². The molecule has 3 aromatic carbocycles. The minimum atomic E-state index is -0.158. The highest BCUT2D eigenvalue weighted by atomic mass is 16.2. The molecule has 152 valence electrons. The lowest BCUT2D eigenvalue weighted by atomic mass is 10.1. The number of carbonyl (C=O) groups is 2. The highest BCUT2D eigenvalue weighted by molar-refractivity contribution is 6.09. The number of carbonyl (C=O) groups excluding carboxylic acids is 2. The molecule has 2 N–H and O–H groups in total. The van der Waals surface area contributed by atoms with Crippen LogP contribution in [0.25, 0.3) is 21.8 Å². The van der Waals surface area contributed by atoms with E-state index >= 15 is 0 Å². The summed E-state index contributed by atoms with van der Waals surface area (Å²) in [4.78, 5) is 24.7. The van der Waals surface area contributed by atoms with Gasteiger partial charge in [0.15, 0.2) is 0 Å². The number of fused-ring (bicyclic) bond motifs is 3. The molecule has 0 radical (unpaired) electrons. The molecular formula is C25H25N3O2. The molecule has 0 aliphatic heterocycles. The van der Waals surface area contributed by atoms with Crippen LogP contribution in [0.15, 0.2) is 66.7 Å². The Kier molecular flexibility index (Phi) is 5.53. The summed E-state index contributed by atoms with van der Waals surface area (Å²) >= 11 is 0. The average molecular weight is 399 g/mol. The van der Waals surface area contributed by atoms with Crippen molar-refractivity contribution in [1.29, 1.82) is 0 Å². The van der Waals surface area contributed by atoms with Gasteiger partial charge in [0.25, 0.3) is 5.91 Å². The Labute approximate surface area is 175 Å². The van der Waals surface area contributed by atoms with Crippen LogP contribution in [0.1, 0.15) is 29.3 Å². The van der Waals surface area contributed by atoms with E-state index in [1.54, 1.807) is 6.07 Å². The van der Waals surface area contributed by atoms with Gasteiger partial charge in [0.1, 0.15) is 0 Å². The number of anilines is 1. The second-order valence-electron chi connectivity index (χ2n) is 7.36. The third kappa shape index (κ3) is 3.79. The Hall–Kier alpha value is -3.60. The predicted molar refractivity (Wildman–Crippen MR) is 122 cm³/mol. The minimum Gasteiger partial charge on any atom is -0.352 e. The first-order valence-corrected chi connectivity index (χ1v) is 10.2. The van der Waals surface area contributed by atoms with Crippen molar-refractivity contribution in [1.82, 2.24) is 9.88 Å². The molecule has 0 aliphatic rings. The highest BCUT2D eigenvalue weighted by Gasteiger charge is 2.12.